The summed E-state index contributed by atoms with van der Waals surface area (Å²) >= 11 is 0. The summed E-state index contributed by atoms with van der Waals surface area (Å²) in [5, 5.41) is 14.4. The molecule has 6 heteroatoms. The molecule has 1 aliphatic rings. The van der Waals surface area contributed by atoms with Gasteiger partial charge in [-0.25, -0.2) is 0 Å². The third kappa shape index (κ3) is 2.20. The normalized spacial score (nSPS) is 16.5. The monoisotopic (exact) mass is 300 g/mol. The summed E-state index contributed by atoms with van der Waals surface area (Å²) in [6.07, 6.45) is 2.32. The summed E-state index contributed by atoms with van der Waals surface area (Å²) in [4.78, 5) is 1.75. The average molecular weight is 300 g/mol. The van der Waals surface area contributed by atoms with Gasteiger partial charge in [0.1, 0.15) is 0 Å². The van der Waals surface area contributed by atoms with Crippen LogP contribution < -0.4 is 21.4 Å². The average Bonchev–Trinajstić information content (AvgIpc) is 3.13. The molecule has 0 aliphatic heterocycles. The molecule has 22 heavy (non-hydrogen) atoms. The highest BCUT2D eigenvalue weighted by Gasteiger charge is 2.24. The number of nitrogens with one attached hydrogen (secondary N) is 4. The quantitative estimate of drug-likeness (QED) is 0.680. The van der Waals surface area contributed by atoms with Gasteiger partial charge in [-0.05, 0) is 42.6 Å². The maximum atomic E-state index is 4.54. The predicted octanol–water partition coefficient (Wildman–Crippen LogP) is 2.01. The highest BCUT2D eigenvalue weighted by Crippen LogP contribution is 2.39. The molecule has 0 radical (unpaired) electrons. The molecule has 0 saturated carbocycles. The SMILES string of the molecule is CNc1nn(NC)c(NC)c1-c1ccc2c(c1)C(NC)CC2. The molecule has 0 saturated heterocycles. The Labute approximate surface area is 131 Å². The van der Waals surface area contributed by atoms with Gasteiger partial charge in [0, 0.05) is 27.2 Å². The fourth-order valence-electron chi connectivity index (χ4n) is 3.32. The molecule has 1 atom stereocenters. The minimum atomic E-state index is 0.449. The summed E-state index contributed by atoms with van der Waals surface area (Å²) in [5.41, 5.74) is 8.19. The van der Waals surface area contributed by atoms with E-state index in [2.05, 4.69) is 44.7 Å². The number of nitrogens with zero attached hydrogens (tertiary/aromatic N) is 2. The first-order valence-corrected chi connectivity index (χ1v) is 7.70. The lowest BCUT2D eigenvalue weighted by Gasteiger charge is -2.13. The fourth-order valence-corrected chi connectivity index (χ4v) is 3.32. The van der Waals surface area contributed by atoms with Crippen LogP contribution in [0.25, 0.3) is 11.1 Å². The minimum Gasteiger partial charge on any atom is -0.371 e. The van der Waals surface area contributed by atoms with E-state index in [1.165, 1.54) is 23.1 Å². The Morgan fingerprint density at radius 2 is 1.95 bits per heavy atom. The van der Waals surface area contributed by atoms with Crippen molar-refractivity contribution in [1.29, 1.82) is 0 Å². The minimum absolute atomic E-state index is 0.449. The summed E-state index contributed by atoms with van der Waals surface area (Å²) in [6.45, 7) is 0. The lowest BCUT2D eigenvalue weighted by molar-refractivity contribution is 0.590. The zero-order chi connectivity index (χ0) is 15.7. The molecule has 1 aromatic heterocycles. The second kappa shape index (κ2) is 5.88. The van der Waals surface area contributed by atoms with E-state index in [1.807, 2.05) is 28.2 Å². The van der Waals surface area contributed by atoms with Crippen molar-refractivity contribution in [3.05, 3.63) is 29.3 Å². The Morgan fingerprint density at radius 3 is 2.59 bits per heavy atom. The van der Waals surface area contributed by atoms with E-state index in [0.29, 0.717) is 6.04 Å². The molecule has 1 heterocycles. The first-order valence-electron chi connectivity index (χ1n) is 7.70. The molecule has 1 aromatic carbocycles. The second-order valence-electron chi connectivity index (χ2n) is 5.50. The van der Waals surface area contributed by atoms with Crippen molar-refractivity contribution in [1.82, 2.24) is 15.2 Å². The Morgan fingerprint density at radius 1 is 1.14 bits per heavy atom. The molecule has 0 fully saturated rings. The third-order valence-electron chi connectivity index (χ3n) is 4.43. The largest absolute Gasteiger partial charge is 0.371 e. The fraction of sp³-hybridized carbons (Fsp3) is 0.438. The number of aryl methyl sites for hydroxylation is 1. The van der Waals surface area contributed by atoms with E-state index in [-0.39, 0.29) is 0 Å². The number of anilines is 2. The molecule has 0 amide bonds. The highest BCUT2D eigenvalue weighted by molar-refractivity contribution is 5.86. The van der Waals surface area contributed by atoms with Crippen molar-refractivity contribution in [3.8, 4) is 11.1 Å². The van der Waals surface area contributed by atoms with Gasteiger partial charge in [-0.1, -0.05) is 12.1 Å². The molecule has 0 spiro atoms. The van der Waals surface area contributed by atoms with Gasteiger partial charge in [0.05, 0.1) is 5.56 Å². The topological polar surface area (TPSA) is 65.9 Å². The van der Waals surface area contributed by atoms with E-state index in [9.17, 15) is 0 Å². The lowest BCUT2D eigenvalue weighted by atomic mass is 10.00. The lowest BCUT2D eigenvalue weighted by Crippen LogP contribution is -2.14. The second-order valence-corrected chi connectivity index (χ2v) is 5.50. The van der Waals surface area contributed by atoms with Crippen molar-refractivity contribution in [2.75, 3.05) is 44.3 Å². The maximum Gasteiger partial charge on any atom is 0.160 e. The van der Waals surface area contributed by atoms with Gasteiger partial charge >= 0.3 is 0 Å². The van der Waals surface area contributed by atoms with Crippen LogP contribution in [0.4, 0.5) is 11.6 Å². The molecule has 6 nitrogen and oxygen atoms in total. The standard InChI is InChI=1S/C16H24N6/c1-17-13-8-7-10-5-6-11(9-12(10)13)14-15(18-2)21-22(20-4)16(14)19-3/h5-6,9,13,17,19-20H,7-8H2,1-4H3,(H,18,21). The number of hydrogen-bond acceptors (Lipinski definition) is 5. The van der Waals surface area contributed by atoms with Crippen LogP contribution in [0, 0.1) is 0 Å². The smallest absolute Gasteiger partial charge is 0.160 e. The van der Waals surface area contributed by atoms with Gasteiger partial charge in [-0.2, -0.15) is 4.79 Å². The summed E-state index contributed by atoms with van der Waals surface area (Å²) < 4.78 is 0. The Balaban J connectivity index is 2.14. The van der Waals surface area contributed by atoms with Crippen LogP contribution >= 0.6 is 0 Å². The van der Waals surface area contributed by atoms with Gasteiger partial charge in [-0.3, -0.25) is 0 Å². The summed E-state index contributed by atoms with van der Waals surface area (Å²) in [5.74, 6) is 1.81. The highest BCUT2D eigenvalue weighted by atomic mass is 15.6. The predicted molar refractivity (Wildman–Crippen MR) is 92.2 cm³/mol. The van der Waals surface area contributed by atoms with Crippen LogP contribution in [0.5, 0.6) is 0 Å². The van der Waals surface area contributed by atoms with Crippen LogP contribution in [0.2, 0.25) is 0 Å². The number of fused-ring (bicyclic) bond motifs is 1. The molecule has 0 bridgehead atoms. The van der Waals surface area contributed by atoms with Crippen LogP contribution in [0.15, 0.2) is 18.2 Å². The van der Waals surface area contributed by atoms with Gasteiger partial charge in [0.25, 0.3) is 0 Å². The van der Waals surface area contributed by atoms with Gasteiger partial charge in [-0.15, -0.1) is 5.10 Å². The Hall–Kier alpha value is -2.21. The molecule has 3 rings (SSSR count). The van der Waals surface area contributed by atoms with Gasteiger partial charge < -0.3 is 21.4 Å². The first-order chi connectivity index (χ1) is 10.7. The van der Waals surface area contributed by atoms with Crippen molar-refractivity contribution >= 4 is 11.6 Å². The number of hydrogen-bond donors (Lipinski definition) is 4. The van der Waals surface area contributed by atoms with E-state index >= 15 is 0 Å². The summed E-state index contributed by atoms with van der Waals surface area (Å²) in [6, 6.07) is 7.18. The van der Waals surface area contributed by atoms with Gasteiger partial charge in [0.2, 0.25) is 0 Å². The third-order valence-corrected chi connectivity index (χ3v) is 4.43. The van der Waals surface area contributed by atoms with Crippen molar-refractivity contribution in [2.24, 2.45) is 0 Å². The van der Waals surface area contributed by atoms with E-state index in [1.54, 1.807) is 4.79 Å². The number of aromatic nitrogens is 2. The zero-order valence-electron chi connectivity index (χ0n) is 13.6. The van der Waals surface area contributed by atoms with Gasteiger partial charge in [0.15, 0.2) is 11.6 Å². The summed E-state index contributed by atoms with van der Waals surface area (Å²) in [7, 11) is 7.70. The molecule has 118 valence electrons. The Kier molecular flexibility index (Phi) is 3.94. The molecule has 2 aromatic rings. The first kappa shape index (κ1) is 14.7. The Bertz CT molecular complexity index is 676. The van der Waals surface area contributed by atoms with Crippen LogP contribution in [-0.4, -0.2) is 38.1 Å². The van der Waals surface area contributed by atoms with Crippen LogP contribution in [0.1, 0.15) is 23.6 Å². The molecule has 1 aliphatic carbocycles. The maximum absolute atomic E-state index is 4.54. The van der Waals surface area contributed by atoms with Crippen molar-refractivity contribution < 1.29 is 0 Å². The van der Waals surface area contributed by atoms with Crippen molar-refractivity contribution in [3.63, 3.8) is 0 Å². The van der Waals surface area contributed by atoms with E-state index in [4.69, 9.17) is 0 Å². The molecule has 1 unspecified atom stereocenters. The number of benzene rings is 1. The van der Waals surface area contributed by atoms with E-state index < -0.39 is 0 Å². The van der Waals surface area contributed by atoms with Crippen molar-refractivity contribution in [2.45, 2.75) is 18.9 Å². The zero-order valence-corrected chi connectivity index (χ0v) is 13.6. The van der Waals surface area contributed by atoms with Crippen LogP contribution in [0.3, 0.4) is 0 Å². The molecular weight excluding hydrogens is 276 g/mol. The molecular formula is C16H24N6. The van der Waals surface area contributed by atoms with Crippen LogP contribution in [-0.2, 0) is 6.42 Å². The van der Waals surface area contributed by atoms with E-state index in [0.717, 1.165) is 23.6 Å². The number of rotatable bonds is 5. The molecule has 4 N–H and O–H groups in total.